The van der Waals surface area contributed by atoms with Gasteiger partial charge in [-0.15, -0.1) is 0 Å². The van der Waals surface area contributed by atoms with Crippen molar-refractivity contribution in [3.8, 4) is 5.75 Å². The first kappa shape index (κ1) is 21.5. The molecule has 150 valence electrons. The van der Waals surface area contributed by atoms with Crippen molar-refractivity contribution in [1.29, 1.82) is 0 Å². The molecule has 2 aromatic rings. The van der Waals surface area contributed by atoms with E-state index in [0.717, 1.165) is 5.56 Å². The number of anilines is 1. The van der Waals surface area contributed by atoms with E-state index in [2.05, 4.69) is 31.4 Å². The summed E-state index contributed by atoms with van der Waals surface area (Å²) < 4.78 is 5.77. The highest BCUT2D eigenvalue weighted by molar-refractivity contribution is 6.04. The predicted molar refractivity (Wildman–Crippen MR) is 113 cm³/mol. The molecule has 0 unspecified atom stereocenters. The fourth-order valence-corrected chi connectivity index (χ4v) is 2.74. The zero-order valence-electron chi connectivity index (χ0n) is 17.6. The minimum Gasteiger partial charge on any atom is -0.483 e. The molecular formula is C23H30N2O3. The smallest absolute Gasteiger partial charge is 0.262 e. The lowest BCUT2D eigenvalue weighted by Gasteiger charge is -2.23. The third kappa shape index (κ3) is 6.12. The van der Waals surface area contributed by atoms with Gasteiger partial charge in [0.1, 0.15) is 5.75 Å². The second-order valence-corrected chi connectivity index (χ2v) is 8.83. The highest BCUT2D eigenvalue weighted by atomic mass is 16.5. The Hall–Kier alpha value is -2.82. The van der Waals surface area contributed by atoms with Crippen molar-refractivity contribution < 1.29 is 14.3 Å². The Balaban J connectivity index is 2.08. The summed E-state index contributed by atoms with van der Waals surface area (Å²) in [6.07, 6.45) is 0. The molecule has 28 heavy (non-hydrogen) atoms. The van der Waals surface area contributed by atoms with Gasteiger partial charge in [0, 0.05) is 5.54 Å². The molecular weight excluding hydrogens is 352 g/mol. The molecule has 0 spiro atoms. The summed E-state index contributed by atoms with van der Waals surface area (Å²) in [5.74, 6) is 0.131. The van der Waals surface area contributed by atoms with Gasteiger partial charge in [-0.05, 0) is 49.9 Å². The van der Waals surface area contributed by atoms with Gasteiger partial charge < -0.3 is 15.4 Å². The van der Waals surface area contributed by atoms with Crippen molar-refractivity contribution in [2.24, 2.45) is 0 Å². The van der Waals surface area contributed by atoms with Gasteiger partial charge in [0.25, 0.3) is 11.8 Å². The van der Waals surface area contributed by atoms with Crippen LogP contribution < -0.4 is 15.4 Å². The highest BCUT2D eigenvalue weighted by Gasteiger charge is 2.20. The Morgan fingerprint density at radius 1 is 0.893 bits per heavy atom. The second kappa shape index (κ2) is 8.46. The van der Waals surface area contributed by atoms with Crippen LogP contribution in [-0.4, -0.2) is 24.0 Å². The Morgan fingerprint density at radius 2 is 1.50 bits per heavy atom. The normalized spacial score (nSPS) is 11.6. The van der Waals surface area contributed by atoms with E-state index in [0.29, 0.717) is 17.0 Å². The molecule has 5 heteroatoms. The maximum Gasteiger partial charge on any atom is 0.262 e. The topological polar surface area (TPSA) is 67.4 Å². The first-order chi connectivity index (χ1) is 13.0. The number of carbonyl (C=O) groups is 2. The van der Waals surface area contributed by atoms with Crippen LogP contribution in [0.1, 0.15) is 57.5 Å². The number of ether oxygens (including phenoxy) is 1. The summed E-state index contributed by atoms with van der Waals surface area (Å²) in [6.45, 7) is 11.9. The molecule has 0 saturated heterocycles. The molecule has 0 radical (unpaired) electrons. The Bertz CT molecular complexity index is 845. The molecule has 2 rings (SSSR count). The van der Waals surface area contributed by atoms with E-state index in [-0.39, 0.29) is 29.4 Å². The largest absolute Gasteiger partial charge is 0.483 e. The predicted octanol–water partition coefficient (Wildman–Crippen LogP) is 4.53. The Labute approximate surface area is 167 Å². The van der Waals surface area contributed by atoms with Crippen LogP contribution in [0.4, 0.5) is 5.69 Å². The van der Waals surface area contributed by atoms with Crippen molar-refractivity contribution in [2.75, 3.05) is 11.9 Å². The van der Waals surface area contributed by atoms with Gasteiger partial charge in [-0.25, -0.2) is 0 Å². The van der Waals surface area contributed by atoms with Crippen LogP contribution in [-0.2, 0) is 10.2 Å². The molecule has 0 aromatic heterocycles. The first-order valence-corrected chi connectivity index (χ1v) is 9.41. The number of hydrogen-bond donors (Lipinski definition) is 2. The van der Waals surface area contributed by atoms with Crippen LogP contribution in [0.25, 0.3) is 0 Å². The number of nitrogens with one attached hydrogen (secondary N) is 2. The van der Waals surface area contributed by atoms with E-state index >= 15 is 0 Å². The van der Waals surface area contributed by atoms with E-state index in [1.165, 1.54) is 0 Å². The van der Waals surface area contributed by atoms with Crippen LogP contribution in [0.15, 0.2) is 48.5 Å². The highest BCUT2D eigenvalue weighted by Crippen LogP contribution is 2.30. The lowest BCUT2D eigenvalue weighted by atomic mass is 9.86. The number of amides is 2. The summed E-state index contributed by atoms with van der Waals surface area (Å²) >= 11 is 0. The SMILES string of the molecule is CC(C)(C)NC(=O)c1ccccc1NC(=O)COc1ccccc1C(C)(C)C. The van der Waals surface area contributed by atoms with Crippen LogP contribution in [0.3, 0.4) is 0 Å². The third-order valence-electron chi connectivity index (χ3n) is 3.99. The molecule has 0 saturated carbocycles. The van der Waals surface area contributed by atoms with Crippen molar-refractivity contribution >= 4 is 17.5 Å². The minimum absolute atomic E-state index is 0.0925. The van der Waals surface area contributed by atoms with E-state index in [4.69, 9.17) is 4.74 Å². The second-order valence-electron chi connectivity index (χ2n) is 8.83. The van der Waals surface area contributed by atoms with E-state index in [1.54, 1.807) is 24.3 Å². The molecule has 5 nitrogen and oxygen atoms in total. The molecule has 0 atom stereocenters. The zero-order chi connectivity index (χ0) is 20.9. The zero-order valence-corrected chi connectivity index (χ0v) is 17.6. The number of rotatable bonds is 5. The maximum atomic E-state index is 12.5. The lowest BCUT2D eigenvalue weighted by Crippen LogP contribution is -2.41. The summed E-state index contributed by atoms with van der Waals surface area (Å²) in [7, 11) is 0. The van der Waals surface area contributed by atoms with Gasteiger partial charge in [-0.1, -0.05) is 51.1 Å². The van der Waals surface area contributed by atoms with E-state index in [9.17, 15) is 9.59 Å². The van der Waals surface area contributed by atoms with E-state index < -0.39 is 0 Å². The van der Waals surface area contributed by atoms with Crippen LogP contribution in [0.5, 0.6) is 5.75 Å². The van der Waals surface area contributed by atoms with Gasteiger partial charge in [0.15, 0.2) is 6.61 Å². The van der Waals surface area contributed by atoms with Crippen LogP contribution in [0.2, 0.25) is 0 Å². The minimum atomic E-state index is -0.367. The third-order valence-corrected chi connectivity index (χ3v) is 3.99. The molecule has 2 amide bonds. The average Bonchev–Trinajstić information content (AvgIpc) is 2.58. The Kier molecular flexibility index (Phi) is 6.49. The van der Waals surface area contributed by atoms with Gasteiger partial charge >= 0.3 is 0 Å². The summed E-state index contributed by atoms with van der Waals surface area (Å²) in [6, 6.07) is 14.6. The van der Waals surface area contributed by atoms with Gasteiger partial charge in [-0.3, -0.25) is 9.59 Å². The number of carbonyl (C=O) groups excluding carboxylic acids is 2. The summed E-state index contributed by atoms with van der Waals surface area (Å²) in [5.41, 5.74) is 1.45. The van der Waals surface area contributed by atoms with Crippen molar-refractivity contribution in [3.63, 3.8) is 0 Å². The van der Waals surface area contributed by atoms with Gasteiger partial charge in [-0.2, -0.15) is 0 Å². The standard InChI is InChI=1S/C23H30N2O3/c1-22(2,3)17-12-8-10-14-19(17)28-15-20(26)24-18-13-9-7-11-16(18)21(27)25-23(4,5)6/h7-14H,15H2,1-6H3,(H,24,26)(H,25,27). The van der Waals surface area contributed by atoms with E-state index in [1.807, 2.05) is 45.0 Å². The Morgan fingerprint density at radius 3 is 2.14 bits per heavy atom. The summed E-state index contributed by atoms with van der Waals surface area (Å²) in [5, 5.41) is 5.69. The molecule has 0 aliphatic rings. The van der Waals surface area contributed by atoms with Crippen molar-refractivity contribution in [3.05, 3.63) is 59.7 Å². The van der Waals surface area contributed by atoms with Crippen LogP contribution in [0, 0.1) is 0 Å². The first-order valence-electron chi connectivity index (χ1n) is 9.41. The molecule has 2 aromatic carbocycles. The number of benzene rings is 2. The molecule has 0 aliphatic carbocycles. The van der Waals surface area contributed by atoms with Gasteiger partial charge in [0.2, 0.25) is 0 Å². The summed E-state index contributed by atoms with van der Waals surface area (Å²) in [4.78, 5) is 24.9. The fraction of sp³-hybridized carbons (Fsp3) is 0.391. The monoisotopic (exact) mass is 382 g/mol. The average molecular weight is 383 g/mol. The fourth-order valence-electron chi connectivity index (χ4n) is 2.74. The van der Waals surface area contributed by atoms with Crippen LogP contribution >= 0.6 is 0 Å². The van der Waals surface area contributed by atoms with Crippen molar-refractivity contribution in [1.82, 2.24) is 5.32 Å². The molecule has 0 aliphatic heterocycles. The number of hydrogen-bond acceptors (Lipinski definition) is 3. The molecule has 0 bridgehead atoms. The molecule has 2 N–H and O–H groups in total. The number of para-hydroxylation sites is 2. The maximum absolute atomic E-state index is 12.5. The lowest BCUT2D eigenvalue weighted by molar-refractivity contribution is -0.118. The quantitative estimate of drug-likeness (QED) is 0.798. The van der Waals surface area contributed by atoms with Gasteiger partial charge in [0.05, 0.1) is 11.3 Å². The van der Waals surface area contributed by atoms with Crippen molar-refractivity contribution in [2.45, 2.75) is 52.5 Å². The molecule has 0 fully saturated rings. The molecule has 0 heterocycles.